The first kappa shape index (κ1) is 6.96. The number of rotatable bonds is 0. The molecule has 0 saturated heterocycles. The molecule has 4 N–H and O–H groups in total. The molecule has 1 aliphatic carbocycles. The van der Waals surface area contributed by atoms with Gasteiger partial charge in [0.2, 0.25) is 0 Å². The second-order valence-electron chi connectivity index (χ2n) is 2.75. The lowest BCUT2D eigenvalue weighted by Crippen LogP contribution is -2.42. The van der Waals surface area contributed by atoms with Gasteiger partial charge in [0.15, 0.2) is 0 Å². The van der Waals surface area contributed by atoms with Gasteiger partial charge in [-0.05, 0) is 19.3 Å². The molecule has 1 rings (SSSR count). The molecule has 0 spiro atoms. The molecular formula is C6H13FN2. The van der Waals surface area contributed by atoms with Crippen molar-refractivity contribution in [2.75, 3.05) is 0 Å². The summed E-state index contributed by atoms with van der Waals surface area (Å²) >= 11 is 0. The van der Waals surface area contributed by atoms with Gasteiger partial charge in [-0.25, -0.2) is 4.39 Å². The lowest BCUT2D eigenvalue weighted by atomic mass is 9.91. The van der Waals surface area contributed by atoms with Crippen molar-refractivity contribution in [3.05, 3.63) is 0 Å². The van der Waals surface area contributed by atoms with Crippen LogP contribution in [0.1, 0.15) is 19.3 Å². The summed E-state index contributed by atoms with van der Waals surface area (Å²) in [6.07, 6.45) is 1.19. The molecule has 2 nitrogen and oxygen atoms in total. The van der Waals surface area contributed by atoms with Crippen LogP contribution in [0.2, 0.25) is 0 Å². The summed E-state index contributed by atoms with van der Waals surface area (Å²) in [6, 6.07) is -0.218. The normalized spacial score (nSPS) is 45.0. The summed E-state index contributed by atoms with van der Waals surface area (Å²) in [4.78, 5) is 0. The Bertz CT molecular complexity index is 97.1. The molecule has 0 bridgehead atoms. The average molecular weight is 132 g/mol. The zero-order valence-corrected chi connectivity index (χ0v) is 5.39. The number of alkyl halides is 1. The second-order valence-corrected chi connectivity index (χ2v) is 2.75. The van der Waals surface area contributed by atoms with E-state index < -0.39 is 6.17 Å². The van der Waals surface area contributed by atoms with E-state index in [0.717, 1.165) is 12.8 Å². The van der Waals surface area contributed by atoms with Gasteiger partial charge in [-0.2, -0.15) is 0 Å². The zero-order valence-electron chi connectivity index (χ0n) is 5.39. The van der Waals surface area contributed by atoms with Crippen LogP contribution in [-0.2, 0) is 0 Å². The lowest BCUT2D eigenvalue weighted by Gasteiger charge is -2.26. The molecule has 0 aromatic rings. The SMILES string of the molecule is NC1CCC(N)C(F)C1. The number of halogens is 1. The highest BCUT2D eigenvalue weighted by Gasteiger charge is 2.25. The van der Waals surface area contributed by atoms with Gasteiger partial charge in [0.05, 0.1) is 0 Å². The van der Waals surface area contributed by atoms with Gasteiger partial charge in [-0.15, -0.1) is 0 Å². The van der Waals surface area contributed by atoms with Crippen molar-refractivity contribution in [2.45, 2.75) is 37.5 Å². The van der Waals surface area contributed by atoms with Gasteiger partial charge in [-0.1, -0.05) is 0 Å². The average Bonchev–Trinajstić information content (AvgIpc) is 1.80. The van der Waals surface area contributed by atoms with Crippen molar-refractivity contribution in [3.63, 3.8) is 0 Å². The van der Waals surface area contributed by atoms with Crippen LogP contribution < -0.4 is 11.5 Å². The highest BCUT2D eigenvalue weighted by atomic mass is 19.1. The predicted molar refractivity (Wildman–Crippen MR) is 34.7 cm³/mol. The Hall–Kier alpha value is -0.150. The molecule has 0 aromatic carbocycles. The molecule has 0 heterocycles. The highest BCUT2D eigenvalue weighted by Crippen LogP contribution is 2.18. The van der Waals surface area contributed by atoms with Crippen LogP contribution in [0, 0.1) is 0 Å². The minimum Gasteiger partial charge on any atom is -0.328 e. The Morgan fingerprint density at radius 1 is 1.22 bits per heavy atom. The van der Waals surface area contributed by atoms with Crippen molar-refractivity contribution in [2.24, 2.45) is 11.5 Å². The standard InChI is InChI=1S/C6H13FN2/c7-5-3-4(8)1-2-6(5)9/h4-6H,1-3,8-9H2. The van der Waals surface area contributed by atoms with E-state index in [-0.39, 0.29) is 12.1 Å². The first-order chi connectivity index (χ1) is 4.20. The van der Waals surface area contributed by atoms with Crippen LogP contribution in [0.5, 0.6) is 0 Å². The van der Waals surface area contributed by atoms with E-state index in [4.69, 9.17) is 11.5 Å². The fourth-order valence-electron chi connectivity index (χ4n) is 1.17. The first-order valence-electron chi connectivity index (χ1n) is 3.35. The van der Waals surface area contributed by atoms with Crippen LogP contribution >= 0.6 is 0 Å². The molecule has 1 aliphatic rings. The zero-order chi connectivity index (χ0) is 6.85. The number of nitrogens with two attached hydrogens (primary N) is 2. The Balaban J connectivity index is 2.35. The minimum atomic E-state index is -0.867. The Labute approximate surface area is 54.4 Å². The third kappa shape index (κ3) is 1.63. The Kier molecular flexibility index (Phi) is 2.03. The van der Waals surface area contributed by atoms with Crippen LogP contribution in [0.25, 0.3) is 0 Å². The van der Waals surface area contributed by atoms with Gasteiger partial charge in [0.25, 0.3) is 0 Å². The van der Waals surface area contributed by atoms with Crippen LogP contribution in [0.4, 0.5) is 4.39 Å². The molecule has 1 fully saturated rings. The second kappa shape index (κ2) is 2.62. The van der Waals surface area contributed by atoms with E-state index in [0.29, 0.717) is 6.42 Å². The molecule has 1 saturated carbocycles. The maximum absolute atomic E-state index is 12.6. The third-order valence-corrected chi connectivity index (χ3v) is 1.86. The largest absolute Gasteiger partial charge is 0.328 e. The maximum Gasteiger partial charge on any atom is 0.117 e. The van der Waals surface area contributed by atoms with Gasteiger partial charge in [-0.3, -0.25) is 0 Å². The maximum atomic E-state index is 12.6. The summed E-state index contributed by atoms with van der Waals surface area (Å²) in [7, 11) is 0. The van der Waals surface area contributed by atoms with Crippen molar-refractivity contribution < 1.29 is 4.39 Å². The van der Waals surface area contributed by atoms with Crippen molar-refractivity contribution >= 4 is 0 Å². The quantitative estimate of drug-likeness (QED) is 0.493. The third-order valence-electron chi connectivity index (χ3n) is 1.86. The van der Waals surface area contributed by atoms with E-state index in [1.807, 2.05) is 0 Å². The molecule has 3 unspecified atom stereocenters. The van der Waals surface area contributed by atoms with Crippen molar-refractivity contribution in [1.82, 2.24) is 0 Å². The molecule has 54 valence electrons. The van der Waals surface area contributed by atoms with E-state index in [1.54, 1.807) is 0 Å². The van der Waals surface area contributed by atoms with Gasteiger partial charge in [0, 0.05) is 12.1 Å². The van der Waals surface area contributed by atoms with Crippen molar-refractivity contribution in [3.8, 4) is 0 Å². The van der Waals surface area contributed by atoms with E-state index in [1.165, 1.54) is 0 Å². The van der Waals surface area contributed by atoms with Crippen LogP contribution in [-0.4, -0.2) is 18.3 Å². The van der Waals surface area contributed by atoms with Crippen molar-refractivity contribution in [1.29, 1.82) is 0 Å². The summed E-state index contributed by atoms with van der Waals surface area (Å²) < 4.78 is 12.6. The molecule has 3 heteroatoms. The van der Waals surface area contributed by atoms with Gasteiger partial charge < -0.3 is 11.5 Å². The van der Waals surface area contributed by atoms with Gasteiger partial charge in [0.1, 0.15) is 6.17 Å². The number of hydrogen-bond acceptors (Lipinski definition) is 2. The molecular weight excluding hydrogens is 119 g/mol. The molecule has 9 heavy (non-hydrogen) atoms. The summed E-state index contributed by atoms with van der Waals surface area (Å²) in [5.74, 6) is 0. The van der Waals surface area contributed by atoms with E-state index in [2.05, 4.69) is 0 Å². The fourth-order valence-corrected chi connectivity index (χ4v) is 1.17. The van der Waals surface area contributed by atoms with E-state index >= 15 is 0 Å². The molecule has 0 aromatic heterocycles. The van der Waals surface area contributed by atoms with Gasteiger partial charge >= 0.3 is 0 Å². The Morgan fingerprint density at radius 3 is 2.33 bits per heavy atom. The summed E-state index contributed by atoms with van der Waals surface area (Å²) in [5.41, 5.74) is 10.9. The first-order valence-corrected chi connectivity index (χ1v) is 3.35. The monoisotopic (exact) mass is 132 g/mol. The molecule has 0 radical (unpaired) electrons. The Morgan fingerprint density at radius 2 is 1.89 bits per heavy atom. The molecule has 0 amide bonds. The molecule has 3 atom stereocenters. The topological polar surface area (TPSA) is 52.0 Å². The van der Waals surface area contributed by atoms with E-state index in [9.17, 15) is 4.39 Å². The minimum absolute atomic E-state index is 0.0415. The number of hydrogen-bond donors (Lipinski definition) is 2. The highest BCUT2D eigenvalue weighted by molar-refractivity contribution is 4.83. The fraction of sp³-hybridized carbons (Fsp3) is 1.00. The molecule has 0 aliphatic heterocycles. The smallest absolute Gasteiger partial charge is 0.117 e. The summed E-state index contributed by atoms with van der Waals surface area (Å²) in [5, 5.41) is 0. The predicted octanol–water partition coefficient (Wildman–Crippen LogP) is 0.163. The van der Waals surface area contributed by atoms with Crippen LogP contribution in [0.3, 0.4) is 0 Å². The summed E-state index contributed by atoms with van der Waals surface area (Å²) in [6.45, 7) is 0. The van der Waals surface area contributed by atoms with Crippen LogP contribution in [0.15, 0.2) is 0 Å². The lowest BCUT2D eigenvalue weighted by molar-refractivity contribution is 0.201.